The lowest BCUT2D eigenvalue weighted by atomic mass is 9.99. The fourth-order valence-corrected chi connectivity index (χ4v) is 1.84. The molecule has 1 aliphatic rings. The van der Waals surface area contributed by atoms with Gasteiger partial charge in [0.1, 0.15) is 24.4 Å². The van der Waals surface area contributed by atoms with Gasteiger partial charge in [0.15, 0.2) is 0 Å². The molecule has 20 heavy (non-hydrogen) atoms. The minimum atomic E-state index is -1.42. The summed E-state index contributed by atoms with van der Waals surface area (Å²) in [4.78, 5) is 0. The molecule has 1 unspecified atom stereocenters. The van der Waals surface area contributed by atoms with Crippen LogP contribution in [0.2, 0.25) is 0 Å². The summed E-state index contributed by atoms with van der Waals surface area (Å²) in [6, 6.07) is 0. The van der Waals surface area contributed by atoms with Crippen molar-refractivity contribution in [2.75, 3.05) is 6.61 Å². The lowest BCUT2D eigenvalue weighted by Gasteiger charge is -2.38. The maximum atomic E-state index is 9.70. The molecule has 0 spiro atoms. The van der Waals surface area contributed by atoms with Gasteiger partial charge in [0, 0.05) is 0 Å². The maximum Gasteiger partial charge on any atom is 0.228 e. The number of aliphatic hydroxyl groups is 4. The van der Waals surface area contributed by atoms with E-state index in [0.717, 1.165) is 19.3 Å². The normalized spacial score (nSPS) is 35.0. The summed E-state index contributed by atoms with van der Waals surface area (Å²) >= 11 is 0. The molecule has 0 amide bonds. The molecule has 0 bridgehead atoms. The molecule has 0 aromatic heterocycles. The molecule has 1 saturated heterocycles. The maximum absolute atomic E-state index is 9.70. The Bertz CT molecular complexity index is 315. The van der Waals surface area contributed by atoms with E-state index in [9.17, 15) is 15.3 Å². The first-order chi connectivity index (χ1) is 9.61. The Balaban J connectivity index is 2.42. The second-order valence-electron chi connectivity index (χ2n) is 4.73. The highest BCUT2D eigenvalue weighted by atomic mass is 16.7. The number of ether oxygens (including phenoxy) is 2. The van der Waals surface area contributed by atoms with Crippen LogP contribution in [-0.2, 0) is 9.47 Å². The molecule has 6 nitrogen and oxygen atoms in total. The van der Waals surface area contributed by atoms with Crippen LogP contribution in [0.15, 0.2) is 24.5 Å². The van der Waals surface area contributed by atoms with Crippen molar-refractivity contribution in [3.63, 3.8) is 0 Å². The molecule has 5 atom stereocenters. The van der Waals surface area contributed by atoms with E-state index >= 15 is 0 Å². The van der Waals surface area contributed by atoms with Crippen LogP contribution in [-0.4, -0.2) is 57.7 Å². The SMILES string of the molecule is CCCCC=CC=COC1O[C@H](CO)[C@@H](O)[C@H](O)[C@H]1O. The van der Waals surface area contributed by atoms with E-state index in [2.05, 4.69) is 6.92 Å². The first-order valence-electron chi connectivity index (χ1n) is 6.89. The summed E-state index contributed by atoms with van der Waals surface area (Å²) in [7, 11) is 0. The average molecular weight is 288 g/mol. The molecule has 4 N–H and O–H groups in total. The highest BCUT2D eigenvalue weighted by Gasteiger charge is 2.44. The zero-order valence-electron chi connectivity index (χ0n) is 11.6. The second-order valence-corrected chi connectivity index (χ2v) is 4.73. The number of aliphatic hydroxyl groups excluding tert-OH is 4. The van der Waals surface area contributed by atoms with Crippen LogP contribution >= 0.6 is 0 Å². The summed E-state index contributed by atoms with van der Waals surface area (Å²) in [5.74, 6) is 0. The van der Waals surface area contributed by atoms with Crippen LogP contribution in [0.4, 0.5) is 0 Å². The predicted octanol–water partition coefficient (Wildman–Crippen LogP) is 0.0630. The minimum absolute atomic E-state index is 0.467. The fraction of sp³-hybridized carbons (Fsp3) is 0.714. The standard InChI is InChI=1S/C14H24O6/c1-2-3-4-5-6-7-8-19-14-13(18)12(17)11(16)10(9-15)20-14/h5-8,10-18H,2-4,9H2,1H3/t10-,11-,12+,13-,14?/m1/s1. The second kappa shape index (κ2) is 9.10. The summed E-state index contributed by atoms with van der Waals surface area (Å²) in [5, 5.41) is 37.9. The van der Waals surface area contributed by atoms with Gasteiger partial charge in [-0.2, -0.15) is 0 Å². The Morgan fingerprint density at radius 1 is 1.10 bits per heavy atom. The third-order valence-electron chi connectivity index (χ3n) is 3.11. The van der Waals surface area contributed by atoms with Gasteiger partial charge in [-0.15, -0.1) is 0 Å². The monoisotopic (exact) mass is 288 g/mol. The van der Waals surface area contributed by atoms with E-state index in [1.807, 2.05) is 12.2 Å². The first kappa shape index (κ1) is 17.1. The van der Waals surface area contributed by atoms with Gasteiger partial charge in [0.25, 0.3) is 0 Å². The van der Waals surface area contributed by atoms with Gasteiger partial charge in [-0.25, -0.2) is 0 Å². The van der Waals surface area contributed by atoms with Gasteiger partial charge in [-0.1, -0.05) is 31.9 Å². The van der Waals surface area contributed by atoms with Crippen molar-refractivity contribution in [2.45, 2.75) is 56.9 Å². The molecular weight excluding hydrogens is 264 g/mol. The average Bonchev–Trinajstić information content (AvgIpc) is 2.46. The van der Waals surface area contributed by atoms with Gasteiger partial charge >= 0.3 is 0 Å². The van der Waals surface area contributed by atoms with Crippen molar-refractivity contribution in [3.05, 3.63) is 24.5 Å². The number of rotatable bonds is 7. The third kappa shape index (κ3) is 4.88. The van der Waals surface area contributed by atoms with Crippen molar-refractivity contribution >= 4 is 0 Å². The van der Waals surface area contributed by atoms with Gasteiger partial charge in [0.05, 0.1) is 12.9 Å². The highest BCUT2D eigenvalue weighted by molar-refractivity contribution is 5.00. The summed E-state index contributed by atoms with van der Waals surface area (Å²) in [6.07, 6.45) is 3.82. The Labute approximate surface area is 119 Å². The van der Waals surface area contributed by atoms with E-state index in [0.29, 0.717) is 0 Å². The van der Waals surface area contributed by atoms with Gasteiger partial charge in [-0.05, 0) is 12.5 Å². The van der Waals surface area contributed by atoms with E-state index in [1.54, 1.807) is 6.08 Å². The van der Waals surface area contributed by atoms with Crippen molar-refractivity contribution in [2.24, 2.45) is 0 Å². The van der Waals surface area contributed by atoms with Gasteiger partial charge in [-0.3, -0.25) is 0 Å². The van der Waals surface area contributed by atoms with Crippen LogP contribution < -0.4 is 0 Å². The smallest absolute Gasteiger partial charge is 0.228 e. The van der Waals surface area contributed by atoms with Crippen LogP contribution in [0.1, 0.15) is 26.2 Å². The Hall–Kier alpha value is -0.920. The molecule has 1 rings (SSSR count). The zero-order valence-corrected chi connectivity index (χ0v) is 11.6. The molecule has 1 fully saturated rings. The number of hydrogen-bond acceptors (Lipinski definition) is 6. The molecule has 0 saturated carbocycles. The van der Waals surface area contributed by atoms with Crippen LogP contribution in [0, 0.1) is 0 Å². The molecule has 0 aliphatic carbocycles. The summed E-state index contributed by atoms with van der Waals surface area (Å²) in [5.41, 5.74) is 0. The first-order valence-corrected chi connectivity index (χ1v) is 6.89. The van der Waals surface area contributed by atoms with Crippen LogP contribution in [0.5, 0.6) is 0 Å². The lowest BCUT2D eigenvalue weighted by Crippen LogP contribution is -2.58. The van der Waals surface area contributed by atoms with E-state index in [4.69, 9.17) is 14.6 Å². The van der Waals surface area contributed by atoms with E-state index in [-0.39, 0.29) is 0 Å². The molecule has 0 aromatic carbocycles. The quantitative estimate of drug-likeness (QED) is 0.300. The lowest BCUT2D eigenvalue weighted by molar-refractivity contribution is -0.287. The van der Waals surface area contributed by atoms with Crippen LogP contribution in [0.25, 0.3) is 0 Å². The predicted molar refractivity (Wildman–Crippen MR) is 72.7 cm³/mol. The molecule has 0 radical (unpaired) electrons. The minimum Gasteiger partial charge on any atom is -0.470 e. The Morgan fingerprint density at radius 2 is 1.85 bits per heavy atom. The van der Waals surface area contributed by atoms with Crippen LogP contribution in [0.3, 0.4) is 0 Å². The largest absolute Gasteiger partial charge is 0.470 e. The molecule has 6 heteroatoms. The van der Waals surface area contributed by atoms with E-state index in [1.165, 1.54) is 6.26 Å². The number of allylic oxidation sites excluding steroid dienone is 3. The van der Waals surface area contributed by atoms with Crippen molar-refractivity contribution in [1.82, 2.24) is 0 Å². The molecule has 1 heterocycles. The van der Waals surface area contributed by atoms with Crippen molar-refractivity contribution < 1.29 is 29.9 Å². The third-order valence-corrected chi connectivity index (χ3v) is 3.11. The fourth-order valence-electron chi connectivity index (χ4n) is 1.84. The number of unbranched alkanes of at least 4 members (excludes halogenated alkanes) is 2. The summed E-state index contributed by atoms with van der Waals surface area (Å²) in [6.45, 7) is 1.65. The molecule has 0 aromatic rings. The Morgan fingerprint density at radius 3 is 2.50 bits per heavy atom. The van der Waals surface area contributed by atoms with E-state index < -0.39 is 37.3 Å². The topological polar surface area (TPSA) is 99.4 Å². The van der Waals surface area contributed by atoms with Crippen molar-refractivity contribution in [3.8, 4) is 0 Å². The van der Waals surface area contributed by atoms with Gasteiger partial charge < -0.3 is 29.9 Å². The number of hydrogen-bond donors (Lipinski definition) is 4. The van der Waals surface area contributed by atoms with Crippen molar-refractivity contribution in [1.29, 1.82) is 0 Å². The van der Waals surface area contributed by atoms with Gasteiger partial charge in [0.2, 0.25) is 6.29 Å². The zero-order chi connectivity index (χ0) is 15.0. The molecule has 116 valence electrons. The molecule has 1 aliphatic heterocycles. The molecular formula is C14H24O6. The highest BCUT2D eigenvalue weighted by Crippen LogP contribution is 2.21. The Kier molecular flexibility index (Phi) is 7.79. The summed E-state index contributed by atoms with van der Waals surface area (Å²) < 4.78 is 10.3.